The van der Waals surface area contributed by atoms with Crippen LogP contribution in [0.25, 0.3) is 0 Å². The minimum Gasteiger partial charge on any atom is -0.375 e. The number of nitrogens with zero attached hydrogens (tertiary/aromatic N) is 1. The fourth-order valence-electron chi connectivity index (χ4n) is 3.29. The van der Waals surface area contributed by atoms with E-state index in [2.05, 4.69) is 6.92 Å². The average Bonchev–Trinajstić information content (AvgIpc) is 2.68. The maximum Gasteiger partial charge on any atom is 0.264 e. The summed E-state index contributed by atoms with van der Waals surface area (Å²) in [7, 11) is 0. The van der Waals surface area contributed by atoms with Gasteiger partial charge in [-0.2, -0.15) is 0 Å². The molecule has 0 saturated heterocycles. The van der Waals surface area contributed by atoms with E-state index in [-0.39, 0.29) is 18.1 Å². The van der Waals surface area contributed by atoms with Crippen molar-refractivity contribution in [3.05, 3.63) is 29.3 Å². The molecule has 0 radical (unpaired) electrons. The molecule has 1 atom stereocenters. The number of unbranched alkanes of at least 4 members (excludes halogenated alkanes) is 4. The molecule has 0 fully saturated rings. The Kier molecular flexibility index (Phi) is 5.58. The number of anilines is 1. The fraction of sp³-hybridized carbons (Fsp3) is 0.579. The molecule has 2 rings (SSSR count). The van der Waals surface area contributed by atoms with Crippen molar-refractivity contribution in [1.82, 2.24) is 0 Å². The predicted molar refractivity (Wildman–Crippen MR) is 91.5 cm³/mol. The Morgan fingerprint density at radius 2 is 1.91 bits per heavy atom. The number of Topliss-reactive ketones (excluding diaryl/α,β-unsaturated/α-hetero) is 1. The minimum absolute atomic E-state index is 0.158. The Morgan fingerprint density at radius 1 is 1.22 bits per heavy atom. The van der Waals surface area contributed by atoms with Gasteiger partial charge in [0, 0.05) is 18.5 Å². The van der Waals surface area contributed by atoms with Crippen molar-refractivity contribution in [2.45, 2.75) is 64.9 Å². The molecule has 0 aromatic heterocycles. The Labute approximate surface area is 138 Å². The molecule has 1 heterocycles. The monoisotopic (exact) mass is 317 g/mol. The highest BCUT2D eigenvalue weighted by molar-refractivity contribution is 6.08. The van der Waals surface area contributed by atoms with E-state index in [1.54, 1.807) is 4.90 Å². The number of aliphatic hydroxyl groups is 1. The first-order valence-electron chi connectivity index (χ1n) is 8.55. The molecule has 23 heavy (non-hydrogen) atoms. The van der Waals surface area contributed by atoms with Crippen LogP contribution in [0.2, 0.25) is 0 Å². The lowest BCUT2D eigenvalue weighted by atomic mass is 9.89. The van der Waals surface area contributed by atoms with Gasteiger partial charge in [0.05, 0.1) is 5.69 Å². The standard InChI is InChI=1S/C19H27NO3/c1-4-5-6-7-8-11-20-17-10-9-14(2)12-16(17)19(23,18(20)22)13-15(3)21/h9-10,12,23H,4-8,11,13H2,1-3H3. The summed E-state index contributed by atoms with van der Waals surface area (Å²) in [4.78, 5) is 26.0. The van der Waals surface area contributed by atoms with Crippen molar-refractivity contribution >= 4 is 17.4 Å². The molecule has 1 unspecified atom stereocenters. The summed E-state index contributed by atoms with van der Waals surface area (Å²) < 4.78 is 0. The SMILES string of the molecule is CCCCCCCN1C(=O)C(O)(CC(C)=O)c2cc(C)ccc21. The van der Waals surface area contributed by atoms with Crippen molar-refractivity contribution in [3.8, 4) is 0 Å². The maximum atomic E-state index is 12.8. The van der Waals surface area contributed by atoms with E-state index < -0.39 is 5.60 Å². The van der Waals surface area contributed by atoms with E-state index in [4.69, 9.17) is 0 Å². The van der Waals surface area contributed by atoms with Crippen LogP contribution in [0.15, 0.2) is 18.2 Å². The number of rotatable bonds is 8. The third kappa shape index (κ3) is 3.63. The van der Waals surface area contributed by atoms with Crippen LogP contribution in [0.3, 0.4) is 0 Å². The average molecular weight is 317 g/mol. The van der Waals surface area contributed by atoms with Gasteiger partial charge in [0.1, 0.15) is 5.78 Å². The van der Waals surface area contributed by atoms with E-state index in [1.165, 1.54) is 19.8 Å². The smallest absolute Gasteiger partial charge is 0.264 e. The van der Waals surface area contributed by atoms with Gasteiger partial charge < -0.3 is 10.0 Å². The third-order valence-electron chi connectivity index (χ3n) is 4.48. The zero-order valence-corrected chi connectivity index (χ0v) is 14.4. The highest BCUT2D eigenvalue weighted by Crippen LogP contribution is 2.43. The molecule has 0 bridgehead atoms. The second-order valence-corrected chi connectivity index (χ2v) is 6.63. The molecule has 1 aromatic rings. The van der Waals surface area contributed by atoms with Gasteiger partial charge in [-0.05, 0) is 26.3 Å². The second-order valence-electron chi connectivity index (χ2n) is 6.63. The summed E-state index contributed by atoms with van der Waals surface area (Å²) in [6.45, 7) is 6.10. The van der Waals surface area contributed by atoms with Crippen LogP contribution in [0.1, 0.15) is 63.5 Å². The zero-order chi connectivity index (χ0) is 17.0. The minimum atomic E-state index is -1.70. The number of benzene rings is 1. The van der Waals surface area contributed by atoms with Gasteiger partial charge in [0.25, 0.3) is 5.91 Å². The van der Waals surface area contributed by atoms with E-state index in [1.807, 2.05) is 25.1 Å². The van der Waals surface area contributed by atoms with Crippen LogP contribution in [0.5, 0.6) is 0 Å². The topological polar surface area (TPSA) is 57.6 Å². The highest BCUT2D eigenvalue weighted by atomic mass is 16.3. The summed E-state index contributed by atoms with van der Waals surface area (Å²) in [5, 5.41) is 10.9. The maximum absolute atomic E-state index is 12.8. The molecule has 0 spiro atoms. The first kappa shape index (κ1) is 17.7. The Balaban J connectivity index is 2.22. The lowest BCUT2D eigenvalue weighted by Gasteiger charge is -2.22. The molecule has 1 aliphatic rings. The quantitative estimate of drug-likeness (QED) is 0.747. The number of ketones is 1. The Bertz CT molecular complexity index is 596. The van der Waals surface area contributed by atoms with Gasteiger partial charge >= 0.3 is 0 Å². The molecular weight excluding hydrogens is 290 g/mol. The first-order valence-corrected chi connectivity index (χ1v) is 8.55. The van der Waals surface area contributed by atoms with E-state index in [0.29, 0.717) is 12.1 Å². The van der Waals surface area contributed by atoms with Gasteiger partial charge in [0.15, 0.2) is 5.60 Å². The largest absolute Gasteiger partial charge is 0.375 e. The van der Waals surface area contributed by atoms with Crippen molar-refractivity contribution < 1.29 is 14.7 Å². The molecule has 0 aliphatic carbocycles. The second kappa shape index (κ2) is 7.26. The van der Waals surface area contributed by atoms with Crippen molar-refractivity contribution in [2.24, 2.45) is 0 Å². The molecule has 1 N–H and O–H groups in total. The Hall–Kier alpha value is -1.68. The predicted octanol–water partition coefficient (Wildman–Crippen LogP) is 3.48. The van der Waals surface area contributed by atoms with E-state index >= 15 is 0 Å². The third-order valence-corrected chi connectivity index (χ3v) is 4.48. The van der Waals surface area contributed by atoms with Crippen LogP contribution in [-0.2, 0) is 15.2 Å². The normalized spacial score (nSPS) is 20.0. The lowest BCUT2D eigenvalue weighted by Crippen LogP contribution is -2.41. The number of carbonyl (C=O) groups excluding carboxylic acids is 2. The number of hydrogen-bond acceptors (Lipinski definition) is 3. The summed E-state index contributed by atoms with van der Waals surface area (Å²) in [6, 6.07) is 5.65. The Morgan fingerprint density at radius 3 is 2.57 bits per heavy atom. The molecule has 1 aliphatic heterocycles. The number of fused-ring (bicyclic) bond motifs is 1. The molecule has 4 heteroatoms. The fourth-order valence-corrected chi connectivity index (χ4v) is 3.29. The highest BCUT2D eigenvalue weighted by Gasteiger charge is 2.50. The first-order chi connectivity index (χ1) is 10.9. The lowest BCUT2D eigenvalue weighted by molar-refractivity contribution is -0.141. The van der Waals surface area contributed by atoms with Gasteiger partial charge in [-0.3, -0.25) is 9.59 Å². The zero-order valence-electron chi connectivity index (χ0n) is 14.4. The van der Waals surface area contributed by atoms with Crippen LogP contribution in [-0.4, -0.2) is 23.3 Å². The van der Waals surface area contributed by atoms with Gasteiger partial charge in [-0.15, -0.1) is 0 Å². The number of amides is 1. The molecule has 1 aromatic carbocycles. The summed E-state index contributed by atoms with van der Waals surface area (Å²) in [5.74, 6) is -0.540. The van der Waals surface area contributed by atoms with Gasteiger partial charge in [-0.25, -0.2) is 0 Å². The van der Waals surface area contributed by atoms with E-state index in [0.717, 1.165) is 30.5 Å². The summed E-state index contributed by atoms with van der Waals surface area (Å²) in [5.41, 5.74) is 0.603. The van der Waals surface area contributed by atoms with Gasteiger partial charge in [0.2, 0.25) is 0 Å². The molecular formula is C19H27NO3. The van der Waals surface area contributed by atoms with Crippen LogP contribution < -0.4 is 4.90 Å². The molecule has 1 amide bonds. The van der Waals surface area contributed by atoms with Crippen molar-refractivity contribution in [3.63, 3.8) is 0 Å². The van der Waals surface area contributed by atoms with Crippen molar-refractivity contribution in [2.75, 3.05) is 11.4 Å². The number of aryl methyl sites for hydroxylation is 1. The molecule has 4 nitrogen and oxygen atoms in total. The molecule has 0 saturated carbocycles. The number of hydrogen-bond donors (Lipinski definition) is 1. The summed E-state index contributed by atoms with van der Waals surface area (Å²) in [6.07, 6.45) is 5.38. The van der Waals surface area contributed by atoms with Crippen LogP contribution in [0, 0.1) is 6.92 Å². The van der Waals surface area contributed by atoms with Crippen molar-refractivity contribution in [1.29, 1.82) is 0 Å². The van der Waals surface area contributed by atoms with E-state index in [9.17, 15) is 14.7 Å². The van der Waals surface area contributed by atoms with Crippen LogP contribution in [0.4, 0.5) is 5.69 Å². The van der Waals surface area contributed by atoms with Crippen LogP contribution >= 0.6 is 0 Å². The molecule has 126 valence electrons. The van der Waals surface area contributed by atoms with Gasteiger partial charge in [-0.1, -0.05) is 50.3 Å². The summed E-state index contributed by atoms with van der Waals surface area (Å²) >= 11 is 0. The number of carbonyl (C=O) groups is 2.